The van der Waals surface area contributed by atoms with E-state index in [1.807, 2.05) is 26.0 Å². The number of fused-ring (bicyclic) bond motifs is 1. The van der Waals surface area contributed by atoms with Gasteiger partial charge in [-0.05, 0) is 42.9 Å². The highest BCUT2D eigenvalue weighted by Crippen LogP contribution is 2.37. The first-order valence-corrected chi connectivity index (χ1v) is 6.47. The van der Waals surface area contributed by atoms with Gasteiger partial charge in [0.1, 0.15) is 5.75 Å². The van der Waals surface area contributed by atoms with Crippen molar-refractivity contribution in [3.8, 4) is 5.75 Å². The average molecular weight is 248 g/mol. The molecule has 3 nitrogen and oxygen atoms in total. The molecule has 0 atom stereocenters. The second-order valence-electron chi connectivity index (χ2n) is 5.80. The molecule has 0 saturated heterocycles. The third kappa shape index (κ3) is 2.50. The zero-order chi connectivity index (χ0) is 13.3. The van der Waals surface area contributed by atoms with Gasteiger partial charge in [0.15, 0.2) is 0 Å². The highest BCUT2D eigenvalue weighted by Gasteiger charge is 2.28. The van der Waals surface area contributed by atoms with Crippen molar-refractivity contribution in [2.24, 2.45) is 0 Å². The summed E-state index contributed by atoms with van der Waals surface area (Å²) in [5.41, 5.74) is 2.70. The van der Waals surface area contributed by atoms with Gasteiger partial charge in [-0.2, -0.15) is 0 Å². The number of phenolic OH excluding ortho intramolecular Hbond substituents is 1. The maximum absolute atomic E-state index is 10.9. The fraction of sp³-hybridized carbons (Fsp3) is 0.533. The molecule has 3 heteroatoms. The molecular formula is C15H20O3. The molecule has 18 heavy (non-hydrogen) atoms. The number of aromatic hydroxyl groups is 1. The van der Waals surface area contributed by atoms with E-state index in [0.717, 1.165) is 18.4 Å². The highest BCUT2D eigenvalue weighted by molar-refractivity contribution is 5.69. The lowest BCUT2D eigenvalue weighted by atomic mass is 9.78. The summed E-state index contributed by atoms with van der Waals surface area (Å²) in [4.78, 5) is 10.9. The number of phenols is 1. The summed E-state index contributed by atoms with van der Waals surface area (Å²) in [5.74, 6) is -0.598. The summed E-state index contributed by atoms with van der Waals surface area (Å²) in [6, 6.07) is 3.83. The highest BCUT2D eigenvalue weighted by atomic mass is 16.4. The van der Waals surface area contributed by atoms with Crippen LogP contribution < -0.4 is 0 Å². The minimum absolute atomic E-state index is 0.0271. The van der Waals surface area contributed by atoms with E-state index >= 15 is 0 Å². The Morgan fingerprint density at radius 3 is 2.33 bits per heavy atom. The molecule has 98 valence electrons. The lowest BCUT2D eigenvalue weighted by Gasteiger charge is -2.27. The van der Waals surface area contributed by atoms with Crippen molar-refractivity contribution in [3.05, 3.63) is 28.8 Å². The maximum atomic E-state index is 10.9. The summed E-state index contributed by atoms with van der Waals surface area (Å²) in [7, 11) is 0. The maximum Gasteiger partial charge on any atom is 0.304 e. The number of benzene rings is 1. The van der Waals surface area contributed by atoms with E-state index in [1.54, 1.807) is 0 Å². The molecule has 0 spiro atoms. The van der Waals surface area contributed by atoms with E-state index in [4.69, 9.17) is 5.11 Å². The molecule has 0 amide bonds. The fourth-order valence-electron chi connectivity index (χ4n) is 2.79. The van der Waals surface area contributed by atoms with Crippen LogP contribution in [-0.2, 0) is 23.1 Å². The first-order valence-electron chi connectivity index (χ1n) is 6.47. The Labute approximate surface area is 107 Å². The van der Waals surface area contributed by atoms with Crippen LogP contribution in [0.2, 0.25) is 0 Å². The SMILES string of the molecule is CC(C)(CC(=O)O)c1cc2c(cc1O)CCCC2. The van der Waals surface area contributed by atoms with Crippen LogP contribution in [0.5, 0.6) is 5.75 Å². The quantitative estimate of drug-likeness (QED) is 0.864. The second kappa shape index (κ2) is 4.63. The number of carboxylic acids is 1. The number of carbonyl (C=O) groups is 1. The minimum atomic E-state index is -0.836. The normalized spacial score (nSPS) is 15.2. The van der Waals surface area contributed by atoms with Gasteiger partial charge in [0.25, 0.3) is 0 Å². The van der Waals surface area contributed by atoms with Gasteiger partial charge in [-0.1, -0.05) is 19.9 Å². The van der Waals surface area contributed by atoms with Gasteiger partial charge < -0.3 is 10.2 Å². The van der Waals surface area contributed by atoms with Gasteiger partial charge in [-0.25, -0.2) is 0 Å². The molecule has 0 radical (unpaired) electrons. The van der Waals surface area contributed by atoms with Gasteiger partial charge in [-0.15, -0.1) is 0 Å². The Hall–Kier alpha value is -1.51. The summed E-state index contributed by atoms with van der Waals surface area (Å²) in [5, 5.41) is 19.1. The number of aliphatic carboxylic acids is 1. The zero-order valence-corrected chi connectivity index (χ0v) is 11.0. The minimum Gasteiger partial charge on any atom is -0.508 e. The summed E-state index contributed by atoms with van der Waals surface area (Å²) < 4.78 is 0. The Balaban J connectivity index is 2.41. The van der Waals surface area contributed by atoms with Crippen molar-refractivity contribution >= 4 is 5.97 Å². The van der Waals surface area contributed by atoms with Crippen LogP contribution in [0.1, 0.15) is 49.8 Å². The zero-order valence-electron chi connectivity index (χ0n) is 11.0. The molecule has 0 aliphatic heterocycles. The second-order valence-corrected chi connectivity index (χ2v) is 5.80. The van der Waals surface area contributed by atoms with Crippen molar-refractivity contribution in [2.75, 3.05) is 0 Å². The summed E-state index contributed by atoms with van der Waals surface area (Å²) in [6.07, 6.45) is 4.43. The van der Waals surface area contributed by atoms with Crippen molar-refractivity contribution < 1.29 is 15.0 Å². The molecule has 1 aromatic carbocycles. The van der Waals surface area contributed by atoms with Gasteiger partial charge in [0, 0.05) is 11.0 Å². The Kier molecular flexibility index (Phi) is 3.33. The number of carboxylic acid groups (broad SMARTS) is 1. The molecule has 0 saturated carbocycles. The average Bonchev–Trinajstić information content (AvgIpc) is 2.26. The van der Waals surface area contributed by atoms with Crippen LogP contribution in [0.4, 0.5) is 0 Å². The molecule has 0 heterocycles. The lowest BCUT2D eigenvalue weighted by Crippen LogP contribution is -2.22. The molecule has 1 aromatic rings. The van der Waals surface area contributed by atoms with Gasteiger partial charge in [0.05, 0.1) is 6.42 Å². The Bertz CT molecular complexity index is 475. The predicted octanol–water partition coefficient (Wildman–Crippen LogP) is 3.02. The van der Waals surface area contributed by atoms with E-state index in [-0.39, 0.29) is 12.2 Å². The Morgan fingerprint density at radius 1 is 1.22 bits per heavy atom. The van der Waals surface area contributed by atoms with Crippen LogP contribution in [-0.4, -0.2) is 16.2 Å². The molecule has 1 aliphatic rings. The van der Waals surface area contributed by atoms with Crippen molar-refractivity contribution in [1.82, 2.24) is 0 Å². The van der Waals surface area contributed by atoms with Gasteiger partial charge in [-0.3, -0.25) is 4.79 Å². The van der Waals surface area contributed by atoms with Crippen molar-refractivity contribution in [1.29, 1.82) is 0 Å². The Morgan fingerprint density at radius 2 is 1.78 bits per heavy atom. The van der Waals surface area contributed by atoms with E-state index < -0.39 is 11.4 Å². The van der Waals surface area contributed by atoms with Crippen LogP contribution in [0.25, 0.3) is 0 Å². The third-order valence-electron chi connectivity index (χ3n) is 3.78. The van der Waals surface area contributed by atoms with Crippen LogP contribution >= 0.6 is 0 Å². The van der Waals surface area contributed by atoms with E-state index in [9.17, 15) is 9.90 Å². The third-order valence-corrected chi connectivity index (χ3v) is 3.78. The molecular weight excluding hydrogens is 228 g/mol. The van der Waals surface area contributed by atoms with E-state index in [2.05, 4.69) is 0 Å². The number of rotatable bonds is 3. The predicted molar refractivity (Wildman–Crippen MR) is 70.0 cm³/mol. The number of hydrogen-bond acceptors (Lipinski definition) is 2. The standard InChI is InChI=1S/C15H20O3/c1-15(2,9-14(17)18)12-7-10-5-3-4-6-11(10)8-13(12)16/h7-8,16H,3-6,9H2,1-2H3,(H,17,18). The first kappa shape index (κ1) is 12.9. The largest absolute Gasteiger partial charge is 0.508 e. The van der Waals surface area contributed by atoms with Gasteiger partial charge >= 0.3 is 5.97 Å². The molecule has 0 aromatic heterocycles. The van der Waals surface area contributed by atoms with Crippen LogP contribution in [0.3, 0.4) is 0 Å². The molecule has 2 rings (SSSR count). The molecule has 0 fully saturated rings. The van der Waals surface area contributed by atoms with E-state index in [1.165, 1.54) is 24.0 Å². The monoisotopic (exact) mass is 248 g/mol. The smallest absolute Gasteiger partial charge is 0.304 e. The molecule has 1 aliphatic carbocycles. The first-order chi connectivity index (χ1) is 8.40. The number of aryl methyl sites for hydroxylation is 2. The molecule has 2 N–H and O–H groups in total. The van der Waals surface area contributed by atoms with Crippen molar-refractivity contribution in [2.45, 2.75) is 51.4 Å². The molecule has 0 unspecified atom stereocenters. The van der Waals surface area contributed by atoms with Crippen molar-refractivity contribution in [3.63, 3.8) is 0 Å². The summed E-state index contributed by atoms with van der Waals surface area (Å²) in [6.45, 7) is 3.73. The van der Waals surface area contributed by atoms with E-state index in [0.29, 0.717) is 0 Å². The van der Waals surface area contributed by atoms with Gasteiger partial charge in [0.2, 0.25) is 0 Å². The topological polar surface area (TPSA) is 57.5 Å². The molecule has 0 bridgehead atoms. The fourth-order valence-corrected chi connectivity index (χ4v) is 2.79. The van der Waals surface area contributed by atoms with Crippen LogP contribution in [0, 0.1) is 0 Å². The lowest BCUT2D eigenvalue weighted by molar-refractivity contribution is -0.138. The van der Waals surface area contributed by atoms with Crippen LogP contribution in [0.15, 0.2) is 12.1 Å². The number of hydrogen-bond donors (Lipinski definition) is 2. The summed E-state index contributed by atoms with van der Waals surface area (Å²) >= 11 is 0.